The van der Waals surface area contributed by atoms with Gasteiger partial charge in [-0.1, -0.05) is 30.1 Å². The molecule has 1 unspecified atom stereocenters. The highest BCUT2D eigenvalue weighted by atomic mass is 35.5. The van der Waals surface area contributed by atoms with Crippen LogP contribution in [0.1, 0.15) is 6.92 Å². The SMILES string of the molecule is CC(CNS(=O)(=O)c1cc(Cl)sc1Cl)C(=O)O. The van der Waals surface area contributed by atoms with E-state index in [2.05, 4.69) is 4.72 Å². The van der Waals surface area contributed by atoms with Gasteiger partial charge >= 0.3 is 5.97 Å². The molecule has 5 nitrogen and oxygen atoms in total. The van der Waals surface area contributed by atoms with Gasteiger partial charge in [-0.05, 0) is 6.07 Å². The second kappa shape index (κ2) is 5.53. The molecule has 0 amide bonds. The van der Waals surface area contributed by atoms with Gasteiger partial charge in [0.25, 0.3) is 0 Å². The highest BCUT2D eigenvalue weighted by Gasteiger charge is 2.22. The van der Waals surface area contributed by atoms with Crippen LogP contribution in [0.25, 0.3) is 0 Å². The molecule has 0 aliphatic heterocycles. The summed E-state index contributed by atoms with van der Waals surface area (Å²) in [6, 6.07) is 1.22. The number of hydrogen-bond acceptors (Lipinski definition) is 4. The van der Waals surface area contributed by atoms with Crippen molar-refractivity contribution in [3.05, 3.63) is 14.7 Å². The number of carbonyl (C=O) groups is 1. The predicted molar refractivity (Wildman–Crippen MR) is 66.3 cm³/mol. The van der Waals surface area contributed by atoms with Crippen molar-refractivity contribution < 1.29 is 18.3 Å². The highest BCUT2D eigenvalue weighted by molar-refractivity contribution is 7.89. The van der Waals surface area contributed by atoms with Crippen molar-refractivity contribution in [2.45, 2.75) is 11.8 Å². The fourth-order valence-corrected chi connectivity index (χ4v) is 4.19. The summed E-state index contributed by atoms with van der Waals surface area (Å²) in [6.07, 6.45) is 0. The summed E-state index contributed by atoms with van der Waals surface area (Å²) in [5, 5.41) is 8.63. The van der Waals surface area contributed by atoms with E-state index in [-0.39, 0.29) is 20.1 Å². The Bertz CT molecular complexity index is 526. The van der Waals surface area contributed by atoms with Crippen LogP contribution < -0.4 is 4.72 Å². The minimum Gasteiger partial charge on any atom is -0.481 e. The van der Waals surface area contributed by atoms with Crippen molar-refractivity contribution in [2.75, 3.05) is 6.54 Å². The zero-order valence-electron chi connectivity index (χ0n) is 8.61. The Morgan fingerprint density at radius 3 is 2.59 bits per heavy atom. The molecule has 0 saturated carbocycles. The smallest absolute Gasteiger partial charge is 0.307 e. The van der Waals surface area contributed by atoms with Crippen LogP contribution in [0.4, 0.5) is 0 Å². The van der Waals surface area contributed by atoms with Crippen LogP contribution in [0.15, 0.2) is 11.0 Å². The quantitative estimate of drug-likeness (QED) is 0.870. The van der Waals surface area contributed by atoms with Crippen molar-refractivity contribution in [2.24, 2.45) is 5.92 Å². The van der Waals surface area contributed by atoms with Crippen LogP contribution >= 0.6 is 34.5 Å². The monoisotopic (exact) mass is 317 g/mol. The standard InChI is InChI=1S/C8H9Cl2NO4S2/c1-4(8(12)13)3-11-17(14,15)5-2-6(9)16-7(5)10/h2,4,11H,3H2,1H3,(H,12,13). The van der Waals surface area contributed by atoms with Crippen LogP contribution in [-0.4, -0.2) is 26.0 Å². The first-order valence-corrected chi connectivity index (χ1v) is 7.47. The summed E-state index contributed by atoms with van der Waals surface area (Å²) < 4.78 is 26.0. The van der Waals surface area contributed by atoms with Gasteiger partial charge in [0.05, 0.1) is 10.3 Å². The molecule has 1 aromatic rings. The van der Waals surface area contributed by atoms with E-state index in [0.29, 0.717) is 0 Å². The zero-order chi connectivity index (χ0) is 13.2. The van der Waals surface area contributed by atoms with Gasteiger partial charge in [0.1, 0.15) is 9.23 Å². The van der Waals surface area contributed by atoms with Crippen molar-refractivity contribution >= 4 is 50.5 Å². The van der Waals surface area contributed by atoms with E-state index in [1.165, 1.54) is 13.0 Å². The molecule has 0 radical (unpaired) electrons. The minimum atomic E-state index is -3.82. The number of nitrogens with one attached hydrogen (secondary N) is 1. The Morgan fingerprint density at radius 1 is 1.59 bits per heavy atom. The van der Waals surface area contributed by atoms with Crippen LogP contribution in [0.2, 0.25) is 8.67 Å². The Balaban J connectivity index is 2.83. The summed E-state index contributed by atoms with van der Waals surface area (Å²) in [4.78, 5) is 10.4. The van der Waals surface area contributed by atoms with Gasteiger partial charge in [-0.15, -0.1) is 11.3 Å². The van der Waals surface area contributed by atoms with E-state index in [9.17, 15) is 13.2 Å². The van der Waals surface area contributed by atoms with E-state index in [1.54, 1.807) is 0 Å². The van der Waals surface area contributed by atoms with Crippen molar-refractivity contribution in [3.63, 3.8) is 0 Å². The lowest BCUT2D eigenvalue weighted by molar-refractivity contribution is -0.140. The Labute approximate surface area is 112 Å². The van der Waals surface area contributed by atoms with Crippen LogP contribution in [0.3, 0.4) is 0 Å². The third-order valence-electron chi connectivity index (χ3n) is 1.92. The minimum absolute atomic E-state index is 0.0467. The Morgan fingerprint density at radius 2 is 2.18 bits per heavy atom. The summed E-state index contributed by atoms with van der Waals surface area (Å²) in [5.74, 6) is -1.90. The molecule has 96 valence electrons. The third kappa shape index (κ3) is 3.82. The van der Waals surface area contributed by atoms with E-state index in [4.69, 9.17) is 28.3 Å². The van der Waals surface area contributed by atoms with Gasteiger partial charge in [-0.25, -0.2) is 13.1 Å². The van der Waals surface area contributed by atoms with Crippen LogP contribution in [0.5, 0.6) is 0 Å². The average Bonchev–Trinajstić information content (AvgIpc) is 2.55. The molecule has 0 aromatic carbocycles. The largest absolute Gasteiger partial charge is 0.481 e. The number of sulfonamides is 1. The van der Waals surface area contributed by atoms with Crippen LogP contribution in [-0.2, 0) is 14.8 Å². The summed E-state index contributed by atoms with van der Waals surface area (Å²) in [5.41, 5.74) is 0. The Kier molecular flexibility index (Phi) is 4.79. The van der Waals surface area contributed by atoms with Crippen LogP contribution in [0, 0.1) is 5.92 Å². The number of carboxylic acid groups (broad SMARTS) is 1. The first-order chi connectivity index (χ1) is 7.74. The molecule has 0 aliphatic carbocycles. The van der Waals surface area contributed by atoms with E-state index >= 15 is 0 Å². The molecule has 9 heteroatoms. The first-order valence-electron chi connectivity index (χ1n) is 4.41. The average molecular weight is 318 g/mol. The van der Waals surface area contributed by atoms with Gasteiger partial charge in [0.2, 0.25) is 10.0 Å². The molecule has 0 fully saturated rings. The normalized spacial score (nSPS) is 13.6. The maximum atomic E-state index is 11.8. The number of carboxylic acids is 1. The number of hydrogen-bond donors (Lipinski definition) is 2. The van der Waals surface area contributed by atoms with Gasteiger partial charge < -0.3 is 5.11 Å². The topological polar surface area (TPSA) is 83.5 Å². The molecule has 0 spiro atoms. The van der Waals surface area contributed by atoms with Gasteiger partial charge in [0.15, 0.2) is 0 Å². The Hall–Kier alpha value is -0.340. The zero-order valence-corrected chi connectivity index (χ0v) is 11.8. The molecule has 1 aromatic heterocycles. The molecular formula is C8H9Cl2NO4S2. The second-order valence-electron chi connectivity index (χ2n) is 3.28. The highest BCUT2D eigenvalue weighted by Crippen LogP contribution is 2.34. The maximum absolute atomic E-state index is 11.8. The summed E-state index contributed by atoms with van der Waals surface area (Å²) in [6.45, 7) is 1.19. The molecular weight excluding hydrogens is 309 g/mol. The predicted octanol–water partition coefficient (Wildman–Crippen LogP) is 2.05. The number of halogens is 2. The van der Waals surface area contributed by atoms with Gasteiger partial charge in [-0.3, -0.25) is 4.79 Å². The number of thiophene rings is 1. The molecule has 0 aliphatic rings. The lowest BCUT2D eigenvalue weighted by Crippen LogP contribution is -2.31. The third-order valence-corrected chi connectivity index (χ3v) is 5.09. The lowest BCUT2D eigenvalue weighted by atomic mass is 10.2. The molecule has 0 bridgehead atoms. The van der Waals surface area contributed by atoms with Gasteiger partial charge in [-0.2, -0.15) is 0 Å². The maximum Gasteiger partial charge on any atom is 0.307 e. The molecule has 1 heterocycles. The molecule has 0 saturated heterocycles. The van der Waals surface area contributed by atoms with Crippen molar-refractivity contribution in [1.29, 1.82) is 0 Å². The van der Waals surface area contributed by atoms with E-state index in [1.807, 2.05) is 0 Å². The van der Waals surface area contributed by atoms with E-state index in [0.717, 1.165) is 11.3 Å². The lowest BCUT2D eigenvalue weighted by Gasteiger charge is -2.08. The molecule has 17 heavy (non-hydrogen) atoms. The molecule has 2 N–H and O–H groups in total. The fraction of sp³-hybridized carbons (Fsp3) is 0.375. The first kappa shape index (κ1) is 14.7. The van der Waals surface area contributed by atoms with Crippen molar-refractivity contribution in [3.8, 4) is 0 Å². The second-order valence-corrected chi connectivity index (χ2v) is 7.30. The summed E-state index contributed by atoms with van der Waals surface area (Å²) in [7, 11) is -3.82. The molecule has 1 atom stereocenters. The van der Waals surface area contributed by atoms with Gasteiger partial charge in [0, 0.05) is 6.54 Å². The number of rotatable bonds is 5. The summed E-state index contributed by atoms with van der Waals surface area (Å²) >= 11 is 12.3. The van der Waals surface area contributed by atoms with E-state index < -0.39 is 21.9 Å². The molecule has 1 rings (SSSR count). The van der Waals surface area contributed by atoms with Crippen molar-refractivity contribution in [1.82, 2.24) is 4.72 Å². The number of aliphatic carboxylic acids is 1. The fourth-order valence-electron chi connectivity index (χ4n) is 0.908.